The summed E-state index contributed by atoms with van der Waals surface area (Å²) < 4.78 is 0. The second-order valence-corrected chi connectivity index (χ2v) is 7.58. The van der Waals surface area contributed by atoms with Crippen LogP contribution in [0, 0.1) is 0 Å². The second kappa shape index (κ2) is 10.3. The number of hydrogen-bond acceptors (Lipinski definition) is 3. The smallest absolute Gasteiger partial charge is 0.255 e. The van der Waals surface area contributed by atoms with E-state index >= 15 is 0 Å². The molecule has 3 aromatic carbocycles. The Labute approximate surface area is 184 Å². The van der Waals surface area contributed by atoms with Gasteiger partial charge in [-0.05, 0) is 66.9 Å². The number of rotatable bonds is 5. The first-order chi connectivity index (χ1) is 14.2. The fraction of sp³-hybridized carbons (Fsp3) is 0.240. The molecule has 1 saturated heterocycles. The summed E-state index contributed by atoms with van der Waals surface area (Å²) in [4.78, 5) is 15.5. The van der Waals surface area contributed by atoms with Crippen molar-refractivity contribution in [1.29, 1.82) is 0 Å². The molecule has 0 spiro atoms. The van der Waals surface area contributed by atoms with Gasteiger partial charge in [-0.2, -0.15) is 0 Å². The molecule has 0 aliphatic carbocycles. The van der Waals surface area contributed by atoms with Crippen molar-refractivity contribution in [3.8, 4) is 16.9 Å². The molecule has 1 heterocycles. The molecule has 5 heteroatoms. The molecule has 1 fully saturated rings. The molecular formula is C25H27ClN2O2. The molecule has 4 nitrogen and oxygen atoms in total. The van der Waals surface area contributed by atoms with Crippen LogP contribution in [0.15, 0.2) is 72.8 Å². The van der Waals surface area contributed by atoms with Crippen LogP contribution < -0.4 is 5.32 Å². The molecule has 2 N–H and O–H groups in total. The maximum Gasteiger partial charge on any atom is 0.255 e. The summed E-state index contributed by atoms with van der Waals surface area (Å²) in [7, 11) is 0. The van der Waals surface area contributed by atoms with Crippen LogP contribution in [0.5, 0.6) is 5.75 Å². The zero-order valence-electron chi connectivity index (χ0n) is 16.9. The molecule has 0 unspecified atom stereocenters. The Morgan fingerprint density at radius 1 is 0.867 bits per heavy atom. The van der Waals surface area contributed by atoms with Gasteiger partial charge in [-0.3, -0.25) is 9.69 Å². The average molecular weight is 423 g/mol. The van der Waals surface area contributed by atoms with E-state index in [2.05, 4.69) is 28.4 Å². The van der Waals surface area contributed by atoms with Crippen molar-refractivity contribution in [2.24, 2.45) is 0 Å². The molecule has 1 aliphatic heterocycles. The lowest BCUT2D eigenvalue weighted by Gasteiger charge is -2.27. The van der Waals surface area contributed by atoms with E-state index in [0.29, 0.717) is 11.3 Å². The Balaban J connectivity index is 0.00000256. The maximum atomic E-state index is 13.0. The summed E-state index contributed by atoms with van der Waals surface area (Å²) in [5.74, 6) is -0.0158. The summed E-state index contributed by atoms with van der Waals surface area (Å²) in [5, 5.41) is 12.6. The minimum absolute atomic E-state index is 0. The summed E-state index contributed by atoms with van der Waals surface area (Å²) in [6, 6.07) is 23.0. The number of phenols is 1. The SMILES string of the molecule is Cl.O=C(Nc1cccc(O)c1)c1ccc(-c2ccccc2)cc1CN1CCCCC1. The van der Waals surface area contributed by atoms with Gasteiger partial charge in [0.2, 0.25) is 0 Å². The first-order valence-electron chi connectivity index (χ1n) is 10.2. The van der Waals surface area contributed by atoms with E-state index in [4.69, 9.17) is 0 Å². The number of halogens is 1. The van der Waals surface area contributed by atoms with Crippen LogP contribution in [0.25, 0.3) is 11.1 Å². The Kier molecular flexibility index (Phi) is 7.50. The lowest BCUT2D eigenvalue weighted by Crippen LogP contribution is -2.30. The van der Waals surface area contributed by atoms with Gasteiger partial charge in [0.05, 0.1) is 0 Å². The summed E-state index contributed by atoms with van der Waals surface area (Å²) >= 11 is 0. The largest absolute Gasteiger partial charge is 0.508 e. The number of carbonyl (C=O) groups is 1. The number of phenolic OH excluding ortho intramolecular Hbond substituents is 1. The van der Waals surface area contributed by atoms with Gasteiger partial charge in [-0.1, -0.05) is 48.9 Å². The van der Waals surface area contributed by atoms with Gasteiger partial charge < -0.3 is 10.4 Å². The van der Waals surface area contributed by atoms with Crippen molar-refractivity contribution in [2.45, 2.75) is 25.8 Å². The second-order valence-electron chi connectivity index (χ2n) is 7.58. The molecule has 1 aliphatic rings. The van der Waals surface area contributed by atoms with Crippen LogP contribution in [0.2, 0.25) is 0 Å². The van der Waals surface area contributed by atoms with Gasteiger partial charge >= 0.3 is 0 Å². The summed E-state index contributed by atoms with van der Waals surface area (Å²) in [6.45, 7) is 2.91. The number of amides is 1. The highest BCUT2D eigenvalue weighted by atomic mass is 35.5. The molecule has 0 atom stereocenters. The van der Waals surface area contributed by atoms with E-state index in [-0.39, 0.29) is 24.1 Å². The van der Waals surface area contributed by atoms with Crippen LogP contribution in [0.3, 0.4) is 0 Å². The van der Waals surface area contributed by atoms with Crippen molar-refractivity contribution in [3.05, 3.63) is 83.9 Å². The Hall–Kier alpha value is -2.82. The third kappa shape index (κ3) is 5.41. The molecule has 4 rings (SSSR count). The van der Waals surface area contributed by atoms with Gasteiger partial charge in [0.25, 0.3) is 5.91 Å². The van der Waals surface area contributed by atoms with Crippen LogP contribution in [-0.4, -0.2) is 29.0 Å². The van der Waals surface area contributed by atoms with Gasteiger partial charge in [0.1, 0.15) is 5.75 Å². The molecule has 1 amide bonds. The first kappa shape index (κ1) is 21.9. The lowest BCUT2D eigenvalue weighted by atomic mass is 9.97. The minimum Gasteiger partial charge on any atom is -0.508 e. The number of nitrogens with one attached hydrogen (secondary N) is 1. The van der Waals surface area contributed by atoms with Crippen LogP contribution in [0.1, 0.15) is 35.2 Å². The number of carbonyl (C=O) groups excluding carboxylic acids is 1. The normalized spacial score (nSPS) is 14.0. The van der Waals surface area contributed by atoms with Crippen molar-refractivity contribution in [3.63, 3.8) is 0 Å². The molecule has 0 aromatic heterocycles. The Bertz CT molecular complexity index is 985. The number of aromatic hydroxyl groups is 1. The zero-order valence-corrected chi connectivity index (χ0v) is 17.7. The van der Waals surface area contributed by atoms with Crippen LogP contribution in [-0.2, 0) is 6.54 Å². The molecule has 0 bridgehead atoms. The van der Waals surface area contributed by atoms with E-state index < -0.39 is 0 Å². The third-order valence-electron chi connectivity index (χ3n) is 5.40. The standard InChI is InChI=1S/C25H26N2O2.ClH/c28-23-11-7-10-22(17-23)26-25(29)24-13-12-20(19-8-3-1-4-9-19)16-21(24)18-27-14-5-2-6-15-27;/h1,3-4,7-13,16-17,28H,2,5-6,14-15,18H2,(H,26,29);1H. The highest BCUT2D eigenvalue weighted by Crippen LogP contribution is 2.26. The Morgan fingerprint density at radius 2 is 1.63 bits per heavy atom. The number of nitrogens with zero attached hydrogens (tertiary/aromatic N) is 1. The maximum absolute atomic E-state index is 13.0. The molecule has 0 saturated carbocycles. The summed E-state index contributed by atoms with van der Waals surface area (Å²) in [6.07, 6.45) is 3.71. The average Bonchev–Trinajstić information content (AvgIpc) is 2.75. The topological polar surface area (TPSA) is 52.6 Å². The number of likely N-dealkylation sites (tertiary alicyclic amines) is 1. The summed E-state index contributed by atoms with van der Waals surface area (Å²) in [5.41, 5.74) is 4.56. The fourth-order valence-electron chi connectivity index (χ4n) is 3.90. The van der Waals surface area contributed by atoms with Gasteiger partial charge in [-0.15, -0.1) is 12.4 Å². The molecule has 156 valence electrons. The predicted molar refractivity (Wildman–Crippen MR) is 124 cm³/mol. The predicted octanol–water partition coefficient (Wildman–Crippen LogP) is 5.72. The highest BCUT2D eigenvalue weighted by Gasteiger charge is 2.17. The van der Waals surface area contributed by atoms with E-state index in [9.17, 15) is 9.90 Å². The molecular weight excluding hydrogens is 396 g/mol. The highest BCUT2D eigenvalue weighted by molar-refractivity contribution is 6.05. The van der Waals surface area contributed by atoms with Gasteiger partial charge in [-0.25, -0.2) is 0 Å². The fourth-order valence-corrected chi connectivity index (χ4v) is 3.90. The Morgan fingerprint density at radius 3 is 2.37 bits per heavy atom. The van der Waals surface area contributed by atoms with E-state index in [1.165, 1.54) is 19.3 Å². The minimum atomic E-state index is -0.151. The van der Waals surface area contributed by atoms with Crippen LogP contribution in [0.4, 0.5) is 5.69 Å². The number of anilines is 1. The molecule has 0 radical (unpaired) electrons. The van der Waals surface area contributed by atoms with Crippen molar-refractivity contribution in [2.75, 3.05) is 18.4 Å². The van der Waals surface area contributed by atoms with Gasteiger partial charge in [0.15, 0.2) is 0 Å². The molecule has 3 aromatic rings. The van der Waals surface area contributed by atoms with Crippen molar-refractivity contribution >= 4 is 24.0 Å². The van der Waals surface area contributed by atoms with E-state index in [0.717, 1.165) is 36.3 Å². The molecule has 30 heavy (non-hydrogen) atoms. The third-order valence-corrected chi connectivity index (χ3v) is 5.40. The lowest BCUT2D eigenvalue weighted by molar-refractivity contribution is 0.102. The first-order valence-corrected chi connectivity index (χ1v) is 10.2. The van der Waals surface area contributed by atoms with Gasteiger partial charge in [0, 0.05) is 23.9 Å². The number of hydrogen-bond donors (Lipinski definition) is 2. The number of benzene rings is 3. The van der Waals surface area contributed by atoms with E-state index in [1.54, 1.807) is 24.3 Å². The number of piperidine rings is 1. The van der Waals surface area contributed by atoms with E-state index in [1.807, 2.05) is 30.3 Å². The van der Waals surface area contributed by atoms with Crippen LogP contribution >= 0.6 is 12.4 Å². The monoisotopic (exact) mass is 422 g/mol. The van der Waals surface area contributed by atoms with Crippen molar-refractivity contribution in [1.82, 2.24) is 4.90 Å². The van der Waals surface area contributed by atoms with Crippen molar-refractivity contribution < 1.29 is 9.90 Å². The zero-order chi connectivity index (χ0) is 20.1. The quantitative estimate of drug-likeness (QED) is 0.553.